The molecule has 0 spiro atoms. The smallest absolute Gasteiger partial charge is 0.0409 e. The Morgan fingerprint density at radius 3 is 2.76 bits per heavy atom. The molecule has 1 heterocycles. The first-order chi connectivity index (χ1) is 8.15. The molecular formula is C13H18ClNOS. The maximum Gasteiger partial charge on any atom is 0.0409 e. The summed E-state index contributed by atoms with van der Waals surface area (Å²) in [6.45, 7) is 2.15. The maximum atomic E-state index is 11.3. The first-order valence-electron chi connectivity index (χ1n) is 6.01. The van der Waals surface area contributed by atoms with Gasteiger partial charge in [0, 0.05) is 39.4 Å². The van der Waals surface area contributed by atoms with Crippen molar-refractivity contribution in [3.63, 3.8) is 0 Å². The van der Waals surface area contributed by atoms with Gasteiger partial charge in [0.15, 0.2) is 0 Å². The van der Waals surface area contributed by atoms with Crippen LogP contribution in [0.5, 0.6) is 0 Å². The van der Waals surface area contributed by atoms with Gasteiger partial charge in [-0.1, -0.05) is 23.7 Å². The Morgan fingerprint density at radius 1 is 1.41 bits per heavy atom. The molecule has 0 radical (unpaired) electrons. The van der Waals surface area contributed by atoms with Crippen LogP contribution in [0.2, 0.25) is 5.02 Å². The molecule has 0 aromatic heterocycles. The van der Waals surface area contributed by atoms with Crippen molar-refractivity contribution in [1.82, 2.24) is 5.32 Å². The quantitative estimate of drug-likeness (QED) is 0.916. The van der Waals surface area contributed by atoms with Crippen LogP contribution in [0.15, 0.2) is 24.3 Å². The number of hydrogen-bond acceptors (Lipinski definition) is 2. The zero-order valence-corrected chi connectivity index (χ0v) is 11.6. The van der Waals surface area contributed by atoms with Crippen LogP contribution < -0.4 is 5.32 Å². The Morgan fingerprint density at radius 2 is 2.12 bits per heavy atom. The predicted octanol–water partition coefficient (Wildman–Crippen LogP) is 2.90. The van der Waals surface area contributed by atoms with Crippen molar-refractivity contribution in [2.75, 3.05) is 11.5 Å². The first kappa shape index (κ1) is 13.1. The van der Waals surface area contributed by atoms with E-state index in [4.69, 9.17) is 11.6 Å². The van der Waals surface area contributed by atoms with Gasteiger partial charge in [0.05, 0.1) is 0 Å². The van der Waals surface area contributed by atoms with Gasteiger partial charge in [-0.3, -0.25) is 4.21 Å². The third-order valence-electron chi connectivity index (χ3n) is 3.22. The van der Waals surface area contributed by atoms with Crippen molar-refractivity contribution in [2.45, 2.75) is 31.8 Å². The molecule has 2 nitrogen and oxygen atoms in total. The lowest BCUT2D eigenvalue weighted by molar-refractivity contribution is 0.427. The molecule has 17 heavy (non-hydrogen) atoms. The van der Waals surface area contributed by atoms with Crippen LogP contribution in [0.25, 0.3) is 0 Å². The van der Waals surface area contributed by atoms with Gasteiger partial charge in [-0.2, -0.15) is 0 Å². The van der Waals surface area contributed by atoms with E-state index in [2.05, 4.69) is 18.3 Å². The van der Waals surface area contributed by atoms with Crippen molar-refractivity contribution in [2.24, 2.45) is 0 Å². The molecule has 0 bridgehead atoms. The van der Waals surface area contributed by atoms with Crippen LogP contribution >= 0.6 is 11.6 Å². The fourth-order valence-electron chi connectivity index (χ4n) is 2.19. The summed E-state index contributed by atoms with van der Waals surface area (Å²) in [7, 11) is -0.585. The summed E-state index contributed by atoms with van der Waals surface area (Å²) in [6.07, 6.45) is 2.02. The average Bonchev–Trinajstić information content (AvgIpc) is 2.32. The van der Waals surface area contributed by atoms with E-state index in [9.17, 15) is 4.21 Å². The molecule has 0 saturated carbocycles. The number of halogens is 1. The highest BCUT2D eigenvalue weighted by atomic mass is 35.5. The van der Waals surface area contributed by atoms with Crippen molar-refractivity contribution in [1.29, 1.82) is 0 Å². The second-order valence-electron chi connectivity index (χ2n) is 4.57. The molecular weight excluding hydrogens is 254 g/mol. The lowest BCUT2D eigenvalue weighted by Gasteiger charge is -2.26. The van der Waals surface area contributed by atoms with Crippen LogP contribution in [0.1, 0.15) is 31.4 Å². The van der Waals surface area contributed by atoms with Crippen molar-refractivity contribution in [3.05, 3.63) is 34.9 Å². The highest BCUT2D eigenvalue weighted by Crippen LogP contribution is 2.20. The fourth-order valence-corrected chi connectivity index (χ4v) is 3.68. The summed E-state index contributed by atoms with van der Waals surface area (Å²) in [6, 6.07) is 8.74. The first-order valence-corrected chi connectivity index (χ1v) is 7.88. The Balaban J connectivity index is 1.92. The maximum absolute atomic E-state index is 11.3. The number of rotatable bonds is 3. The Hall–Kier alpha value is -0.380. The summed E-state index contributed by atoms with van der Waals surface area (Å²) in [5.41, 5.74) is 1.21. The average molecular weight is 272 g/mol. The molecule has 0 unspecified atom stereocenters. The Kier molecular flexibility index (Phi) is 4.60. The summed E-state index contributed by atoms with van der Waals surface area (Å²) >= 11 is 5.98. The molecule has 1 aliphatic rings. The topological polar surface area (TPSA) is 29.1 Å². The van der Waals surface area contributed by atoms with Crippen LogP contribution in [0, 0.1) is 0 Å². The van der Waals surface area contributed by atoms with E-state index in [0.717, 1.165) is 29.4 Å². The molecule has 1 atom stereocenters. The number of hydrogen-bond donors (Lipinski definition) is 1. The zero-order chi connectivity index (χ0) is 12.3. The third-order valence-corrected chi connectivity index (χ3v) is 4.84. The van der Waals surface area contributed by atoms with Gasteiger partial charge in [-0.25, -0.2) is 0 Å². The van der Waals surface area contributed by atoms with Gasteiger partial charge in [0.2, 0.25) is 0 Å². The minimum atomic E-state index is -0.585. The summed E-state index contributed by atoms with van der Waals surface area (Å²) in [5.74, 6) is 1.67. The Bertz CT molecular complexity index is 400. The van der Waals surface area contributed by atoms with Gasteiger partial charge in [-0.05, 0) is 37.5 Å². The molecule has 1 fully saturated rings. The van der Waals surface area contributed by atoms with Gasteiger partial charge in [0.1, 0.15) is 0 Å². The van der Waals surface area contributed by atoms with Crippen molar-refractivity contribution < 1.29 is 4.21 Å². The minimum absolute atomic E-state index is 0.297. The van der Waals surface area contributed by atoms with Gasteiger partial charge in [0.25, 0.3) is 0 Å². The summed E-state index contributed by atoms with van der Waals surface area (Å²) < 4.78 is 11.3. The predicted molar refractivity (Wildman–Crippen MR) is 73.9 cm³/mol. The van der Waals surface area contributed by atoms with E-state index >= 15 is 0 Å². The largest absolute Gasteiger partial charge is 0.307 e. The van der Waals surface area contributed by atoms with E-state index in [-0.39, 0.29) is 0 Å². The molecule has 0 aliphatic carbocycles. The van der Waals surface area contributed by atoms with E-state index in [1.54, 1.807) is 0 Å². The molecule has 1 aromatic rings. The standard InChI is InChI=1S/C13H18ClNOS/c1-10(11-3-2-4-12(14)9-11)15-13-5-7-17(16)8-6-13/h2-4,9-10,13,15H,5-8H2,1H3/t10-,13?,17?/m1/s1. The van der Waals surface area contributed by atoms with E-state index in [1.807, 2.05) is 18.2 Å². The molecule has 4 heteroatoms. The second kappa shape index (κ2) is 5.98. The molecule has 0 amide bonds. The molecule has 1 saturated heterocycles. The molecule has 1 N–H and O–H groups in total. The zero-order valence-electron chi connectivity index (χ0n) is 9.99. The SMILES string of the molecule is C[C@@H](NC1CCS(=O)CC1)c1cccc(Cl)c1. The Labute approximate surface area is 110 Å². The van der Waals surface area contributed by atoms with Crippen LogP contribution in [0.3, 0.4) is 0 Å². The monoisotopic (exact) mass is 271 g/mol. The van der Waals surface area contributed by atoms with Gasteiger partial charge in [-0.15, -0.1) is 0 Å². The summed E-state index contributed by atoms with van der Waals surface area (Å²) in [5, 5.41) is 4.37. The normalized spacial score (nSPS) is 26.7. The second-order valence-corrected chi connectivity index (χ2v) is 6.70. The highest BCUT2D eigenvalue weighted by molar-refractivity contribution is 7.85. The van der Waals surface area contributed by atoms with E-state index < -0.39 is 10.8 Å². The van der Waals surface area contributed by atoms with Gasteiger partial charge >= 0.3 is 0 Å². The van der Waals surface area contributed by atoms with Crippen molar-refractivity contribution >= 4 is 22.4 Å². The molecule has 1 aromatic carbocycles. The van der Waals surface area contributed by atoms with Gasteiger partial charge < -0.3 is 5.32 Å². The van der Waals surface area contributed by atoms with Crippen molar-refractivity contribution in [3.8, 4) is 0 Å². The lowest BCUT2D eigenvalue weighted by atomic mass is 10.1. The molecule has 1 aliphatic heterocycles. The minimum Gasteiger partial charge on any atom is -0.307 e. The van der Waals surface area contributed by atoms with E-state index in [0.29, 0.717) is 12.1 Å². The van der Waals surface area contributed by atoms with E-state index in [1.165, 1.54) is 5.56 Å². The third kappa shape index (κ3) is 3.80. The molecule has 94 valence electrons. The van der Waals surface area contributed by atoms with Crippen LogP contribution in [-0.4, -0.2) is 21.8 Å². The van der Waals surface area contributed by atoms with Crippen LogP contribution in [0.4, 0.5) is 0 Å². The fraction of sp³-hybridized carbons (Fsp3) is 0.538. The summed E-state index contributed by atoms with van der Waals surface area (Å²) in [4.78, 5) is 0. The number of benzene rings is 1. The molecule has 2 rings (SSSR count). The number of nitrogens with one attached hydrogen (secondary N) is 1. The highest BCUT2D eigenvalue weighted by Gasteiger charge is 2.19. The van der Waals surface area contributed by atoms with Crippen LogP contribution in [-0.2, 0) is 10.8 Å². The lowest BCUT2D eigenvalue weighted by Crippen LogP contribution is -2.37.